The van der Waals surface area contributed by atoms with Crippen LogP contribution in [-0.2, 0) is 6.54 Å². The third-order valence-corrected chi connectivity index (χ3v) is 2.70. The second kappa shape index (κ2) is 5.64. The number of rotatable bonds is 5. The molecule has 2 N–H and O–H groups in total. The van der Waals surface area contributed by atoms with Crippen LogP contribution in [0.15, 0.2) is 30.5 Å². The summed E-state index contributed by atoms with van der Waals surface area (Å²) in [5, 5.41) is 3.35. The Morgan fingerprint density at radius 1 is 1.24 bits per heavy atom. The van der Waals surface area contributed by atoms with Crippen molar-refractivity contribution in [1.29, 1.82) is 0 Å². The SMILES string of the molecule is CCCNCc1cnc(-c2ccc(C)cc2)[nH]1. The van der Waals surface area contributed by atoms with Crippen LogP contribution in [0, 0.1) is 6.92 Å². The molecule has 0 aliphatic carbocycles. The molecule has 0 radical (unpaired) electrons. The summed E-state index contributed by atoms with van der Waals surface area (Å²) in [5.41, 5.74) is 3.54. The molecule has 0 spiro atoms. The van der Waals surface area contributed by atoms with Crippen molar-refractivity contribution in [3.8, 4) is 11.4 Å². The second-order valence-electron chi connectivity index (χ2n) is 4.30. The van der Waals surface area contributed by atoms with E-state index in [-0.39, 0.29) is 0 Å². The van der Waals surface area contributed by atoms with Crippen molar-refractivity contribution in [3.05, 3.63) is 41.7 Å². The van der Waals surface area contributed by atoms with Crippen molar-refractivity contribution >= 4 is 0 Å². The molecule has 0 aliphatic heterocycles. The molecule has 0 aliphatic rings. The number of hydrogen-bond acceptors (Lipinski definition) is 2. The molecule has 2 aromatic rings. The predicted octanol–water partition coefficient (Wildman–Crippen LogP) is 2.88. The smallest absolute Gasteiger partial charge is 0.137 e. The van der Waals surface area contributed by atoms with Crippen LogP contribution in [-0.4, -0.2) is 16.5 Å². The molecule has 17 heavy (non-hydrogen) atoms. The summed E-state index contributed by atoms with van der Waals surface area (Å²) >= 11 is 0. The van der Waals surface area contributed by atoms with Gasteiger partial charge in [0.2, 0.25) is 0 Å². The first kappa shape index (κ1) is 11.9. The van der Waals surface area contributed by atoms with E-state index in [0.717, 1.165) is 36.6 Å². The highest BCUT2D eigenvalue weighted by molar-refractivity contribution is 5.55. The third kappa shape index (κ3) is 3.17. The highest BCUT2D eigenvalue weighted by atomic mass is 15.0. The maximum absolute atomic E-state index is 4.40. The van der Waals surface area contributed by atoms with Gasteiger partial charge in [-0.1, -0.05) is 36.8 Å². The van der Waals surface area contributed by atoms with Crippen molar-refractivity contribution in [2.45, 2.75) is 26.8 Å². The molecule has 0 fully saturated rings. The van der Waals surface area contributed by atoms with Crippen molar-refractivity contribution in [1.82, 2.24) is 15.3 Å². The lowest BCUT2D eigenvalue weighted by Crippen LogP contribution is -2.13. The molecule has 0 atom stereocenters. The molecule has 1 aromatic carbocycles. The molecule has 0 unspecified atom stereocenters. The summed E-state index contributed by atoms with van der Waals surface area (Å²) in [6, 6.07) is 8.40. The average Bonchev–Trinajstić information content (AvgIpc) is 2.79. The Morgan fingerprint density at radius 2 is 2.00 bits per heavy atom. The van der Waals surface area contributed by atoms with Crippen molar-refractivity contribution in [3.63, 3.8) is 0 Å². The van der Waals surface area contributed by atoms with Gasteiger partial charge in [0.25, 0.3) is 0 Å². The number of imidazole rings is 1. The number of aromatic amines is 1. The zero-order valence-electron chi connectivity index (χ0n) is 10.5. The number of aromatic nitrogens is 2. The summed E-state index contributed by atoms with van der Waals surface area (Å²) in [7, 11) is 0. The van der Waals surface area contributed by atoms with Crippen molar-refractivity contribution in [2.75, 3.05) is 6.54 Å². The normalized spacial score (nSPS) is 10.7. The molecule has 0 bridgehead atoms. The van der Waals surface area contributed by atoms with Gasteiger partial charge in [0.15, 0.2) is 0 Å². The lowest BCUT2D eigenvalue weighted by atomic mass is 10.1. The number of nitrogens with one attached hydrogen (secondary N) is 2. The minimum atomic E-state index is 0.854. The van der Waals surface area contributed by atoms with E-state index in [2.05, 4.69) is 53.4 Å². The van der Waals surface area contributed by atoms with Crippen LogP contribution in [0.2, 0.25) is 0 Å². The van der Waals surface area contributed by atoms with Crippen LogP contribution in [0.4, 0.5) is 0 Å². The van der Waals surface area contributed by atoms with E-state index >= 15 is 0 Å². The van der Waals surface area contributed by atoms with E-state index in [9.17, 15) is 0 Å². The van der Waals surface area contributed by atoms with E-state index in [0.29, 0.717) is 0 Å². The Bertz CT molecular complexity index is 457. The number of nitrogens with zero attached hydrogens (tertiary/aromatic N) is 1. The van der Waals surface area contributed by atoms with E-state index < -0.39 is 0 Å². The first-order valence-electron chi connectivity index (χ1n) is 6.11. The fourth-order valence-corrected chi connectivity index (χ4v) is 1.71. The van der Waals surface area contributed by atoms with Crippen LogP contribution in [0.3, 0.4) is 0 Å². The molecule has 2 rings (SSSR count). The van der Waals surface area contributed by atoms with E-state index in [1.807, 2.05) is 6.20 Å². The Balaban J connectivity index is 2.04. The van der Waals surface area contributed by atoms with E-state index in [1.165, 1.54) is 5.56 Å². The molecule has 3 heteroatoms. The third-order valence-electron chi connectivity index (χ3n) is 2.70. The zero-order chi connectivity index (χ0) is 12.1. The summed E-state index contributed by atoms with van der Waals surface area (Å²) in [6.07, 6.45) is 3.05. The van der Waals surface area contributed by atoms with Gasteiger partial charge >= 0.3 is 0 Å². The minimum absolute atomic E-state index is 0.854. The largest absolute Gasteiger partial charge is 0.341 e. The average molecular weight is 229 g/mol. The quantitative estimate of drug-likeness (QED) is 0.774. The second-order valence-corrected chi connectivity index (χ2v) is 4.30. The maximum atomic E-state index is 4.40. The highest BCUT2D eigenvalue weighted by Gasteiger charge is 2.02. The molecule has 1 aromatic heterocycles. The van der Waals surface area contributed by atoms with Crippen molar-refractivity contribution < 1.29 is 0 Å². The summed E-state index contributed by atoms with van der Waals surface area (Å²) < 4.78 is 0. The first-order chi connectivity index (χ1) is 8.29. The molecule has 90 valence electrons. The maximum Gasteiger partial charge on any atom is 0.137 e. The summed E-state index contributed by atoms with van der Waals surface area (Å²) in [5.74, 6) is 0.943. The van der Waals surface area contributed by atoms with Gasteiger partial charge < -0.3 is 10.3 Å². The monoisotopic (exact) mass is 229 g/mol. The Morgan fingerprint density at radius 3 is 2.71 bits per heavy atom. The molecule has 0 amide bonds. The number of aryl methyl sites for hydroxylation is 1. The van der Waals surface area contributed by atoms with Gasteiger partial charge in [0, 0.05) is 24.0 Å². The number of H-pyrrole nitrogens is 1. The topological polar surface area (TPSA) is 40.7 Å². The Hall–Kier alpha value is -1.61. The number of hydrogen-bond donors (Lipinski definition) is 2. The van der Waals surface area contributed by atoms with Crippen LogP contribution >= 0.6 is 0 Å². The lowest BCUT2D eigenvalue weighted by molar-refractivity contribution is 0.667. The van der Waals surface area contributed by atoms with Gasteiger partial charge in [-0.2, -0.15) is 0 Å². The van der Waals surface area contributed by atoms with Gasteiger partial charge in [-0.05, 0) is 19.9 Å². The van der Waals surface area contributed by atoms with E-state index in [4.69, 9.17) is 0 Å². The highest BCUT2D eigenvalue weighted by Crippen LogP contribution is 2.16. The van der Waals surface area contributed by atoms with Gasteiger partial charge in [0.1, 0.15) is 5.82 Å². The zero-order valence-corrected chi connectivity index (χ0v) is 10.5. The van der Waals surface area contributed by atoms with Gasteiger partial charge in [-0.15, -0.1) is 0 Å². The fourth-order valence-electron chi connectivity index (χ4n) is 1.71. The van der Waals surface area contributed by atoms with Crippen LogP contribution in [0.25, 0.3) is 11.4 Å². The molecular weight excluding hydrogens is 210 g/mol. The predicted molar refractivity (Wildman–Crippen MR) is 70.8 cm³/mol. The Labute approximate surface area is 102 Å². The molecular formula is C14H19N3. The van der Waals surface area contributed by atoms with Gasteiger partial charge in [-0.3, -0.25) is 0 Å². The van der Waals surface area contributed by atoms with Crippen LogP contribution in [0.5, 0.6) is 0 Å². The van der Waals surface area contributed by atoms with E-state index in [1.54, 1.807) is 0 Å². The van der Waals surface area contributed by atoms with Gasteiger partial charge in [-0.25, -0.2) is 4.98 Å². The Kier molecular flexibility index (Phi) is 3.94. The van der Waals surface area contributed by atoms with Crippen LogP contribution < -0.4 is 5.32 Å². The summed E-state index contributed by atoms with van der Waals surface area (Å²) in [4.78, 5) is 7.73. The first-order valence-corrected chi connectivity index (χ1v) is 6.11. The molecule has 0 saturated carbocycles. The standard InChI is InChI=1S/C14H19N3/c1-3-8-15-9-13-10-16-14(17-13)12-6-4-11(2)5-7-12/h4-7,10,15H,3,8-9H2,1-2H3,(H,16,17). The molecule has 0 saturated heterocycles. The number of benzene rings is 1. The van der Waals surface area contributed by atoms with Crippen molar-refractivity contribution in [2.24, 2.45) is 0 Å². The lowest BCUT2D eigenvalue weighted by Gasteiger charge is -2.00. The fraction of sp³-hybridized carbons (Fsp3) is 0.357. The summed E-state index contributed by atoms with van der Waals surface area (Å²) in [6.45, 7) is 6.15. The van der Waals surface area contributed by atoms with Gasteiger partial charge in [0.05, 0.1) is 0 Å². The molecule has 3 nitrogen and oxygen atoms in total. The minimum Gasteiger partial charge on any atom is -0.341 e. The van der Waals surface area contributed by atoms with Crippen LogP contribution in [0.1, 0.15) is 24.6 Å². The molecule has 1 heterocycles.